The van der Waals surface area contributed by atoms with Crippen molar-refractivity contribution in [1.29, 1.82) is 0 Å². The van der Waals surface area contributed by atoms with Crippen molar-refractivity contribution >= 4 is 23.4 Å². The Morgan fingerprint density at radius 2 is 1.84 bits per heavy atom. The molecular weight excluding hydrogens is 404 g/mol. The van der Waals surface area contributed by atoms with Crippen molar-refractivity contribution in [3.63, 3.8) is 0 Å². The molecule has 1 fully saturated rings. The molecule has 1 aromatic heterocycles. The summed E-state index contributed by atoms with van der Waals surface area (Å²) in [7, 11) is 1.33. The number of likely N-dealkylation sites (tertiary alicyclic amines) is 1. The van der Waals surface area contributed by atoms with Crippen LogP contribution in [0, 0.1) is 6.92 Å². The lowest BCUT2D eigenvalue weighted by Gasteiger charge is -2.46. The molecule has 164 valence electrons. The van der Waals surface area contributed by atoms with Crippen molar-refractivity contribution < 1.29 is 14.3 Å². The van der Waals surface area contributed by atoms with E-state index in [1.54, 1.807) is 29.2 Å². The Balaban J connectivity index is 1.34. The monoisotopic (exact) mass is 430 g/mol. The van der Waals surface area contributed by atoms with E-state index in [9.17, 15) is 9.59 Å². The first-order valence-corrected chi connectivity index (χ1v) is 10.8. The number of amides is 2. The summed E-state index contributed by atoms with van der Waals surface area (Å²) in [4.78, 5) is 26.8. The summed E-state index contributed by atoms with van der Waals surface area (Å²) in [6.07, 6.45) is 3.68. The molecular formula is C25H26N4O3. The zero-order valence-electron chi connectivity index (χ0n) is 18.2. The van der Waals surface area contributed by atoms with Gasteiger partial charge in [0.1, 0.15) is 0 Å². The quantitative estimate of drug-likeness (QED) is 0.586. The van der Waals surface area contributed by atoms with Crippen LogP contribution in [0.25, 0.3) is 5.69 Å². The van der Waals surface area contributed by atoms with E-state index in [1.807, 2.05) is 0 Å². The fraction of sp³-hybridized carbons (Fsp3) is 0.280. The van der Waals surface area contributed by atoms with Gasteiger partial charge in [-0.3, -0.25) is 0 Å². The average Bonchev–Trinajstić information content (AvgIpc) is 3.30. The number of nitrogens with one attached hydrogen (secondary N) is 2. The van der Waals surface area contributed by atoms with Crippen LogP contribution in [0.4, 0.5) is 16.2 Å². The number of ether oxygens (including phenoxy) is 1. The van der Waals surface area contributed by atoms with Crippen molar-refractivity contribution in [3.05, 3.63) is 77.6 Å². The number of hydrogen-bond donors (Lipinski definition) is 2. The molecule has 2 amide bonds. The summed E-state index contributed by atoms with van der Waals surface area (Å²) < 4.78 is 7.08. The SMILES string of the molecule is COC(=O)c1ccccc1NC(=O)N1CCC2(CC1)Nc1cc(C)ccc1-n1cccc12. The van der Waals surface area contributed by atoms with E-state index < -0.39 is 5.97 Å². The minimum atomic E-state index is -0.473. The van der Waals surface area contributed by atoms with Crippen LogP contribution in [0.2, 0.25) is 0 Å². The van der Waals surface area contributed by atoms with E-state index in [0.717, 1.165) is 24.2 Å². The number of aryl methyl sites for hydroxylation is 1. The molecule has 1 spiro atoms. The topological polar surface area (TPSA) is 75.6 Å². The van der Waals surface area contributed by atoms with Crippen LogP contribution in [0.5, 0.6) is 0 Å². The third-order valence-electron chi connectivity index (χ3n) is 6.50. The lowest BCUT2D eigenvalue weighted by molar-refractivity contribution is 0.0602. The van der Waals surface area contributed by atoms with Gasteiger partial charge in [0.25, 0.3) is 0 Å². The lowest BCUT2D eigenvalue weighted by Crippen LogP contribution is -2.51. The molecule has 0 aliphatic carbocycles. The van der Waals surface area contributed by atoms with Gasteiger partial charge < -0.3 is 24.8 Å². The third-order valence-corrected chi connectivity index (χ3v) is 6.50. The predicted octanol–water partition coefficient (Wildman–Crippen LogP) is 4.52. The molecule has 2 aromatic carbocycles. The van der Waals surface area contributed by atoms with Crippen molar-refractivity contribution in [3.8, 4) is 5.69 Å². The normalized spacial score (nSPS) is 16.0. The standard InChI is InChI=1S/C25H26N4O3/c1-17-9-10-21-20(16-17)27-25(22-8-5-13-29(21)22)11-14-28(15-12-25)24(31)26-19-7-4-3-6-18(19)23(30)32-2/h3-10,13,16,27H,11-12,14-15H2,1-2H3,(H,26,31). The van der Waals surface area contributed by atoms with E-state index in [1.165, 1.54) is 18.4 Å². The van der Waals surface area contributed by atoms with Gasteiger partial charge in [-0.25, -0.2) is 9.59 Å². The summed E-state index contributed by atoms with van der Waals surface area (Å²) in [6.45, 7) is 3.30. The Labute approximate surface area is 187 Å². The second-order valence-electron chi connectivity index (χ2n) is 8.45. The van der Waals surface area contributed by atoms with Crippen LogP contribution in [-0.4, -0.2) is 41.7 Å². The molecule has 2 aliphatic heterocycles. The minimum absolute atomic E-state index is 0.210. The molecule has 32 heavy (non-hydrogen) atoms. The molecule has 2 N–H and O–H groups in total. The number of piperidine rings is 1. The number of carbonyl (C=O) groups excluding carboxylic acids is 2. The largest absolute Gasteiger partial charge is 0.465 e. The molecule has 0 unspecified atom stereocenters. The number of anilines is 2. The highest BCUT2D eigenvalue weighted by Gasteiger charge is 2.42. The number of carbonyl (C=O) groups is 2. The van der Waals surface area contributed by atoms with Gasteiger partial charge in [-0.2, -0.15) is 0 Å². The first-order valence-electron chi connectivity index (χ1n) is 10.8. The number of nitrogens with zero attached hydrogens (tertiary/aromatic N) is 2. The van der Waals surface area contributed by atoms with Gasteiger partial charge in [0, 0.05) is 25.0 Å². The average molecular weight is 431 g/mol. The first-order chi connectivity index (χ1) is 15.5. The van der Waals surface area contributed by atoms with Gasteiger partial charge in [-0.15, -0.1) is 0 Å². The molecule has 0 bridgehead atoms. The second-order valence-corrected chi connectivity index (χ2v) is 8.45. The summed E-state index contributed by atoms with van der Waals surface area (Å²) in [5, 5.41) is 6.68. The number of para-hydroxylation sites is 1. The third kappa shape index (κ3) is 3.30. The predicted molar refractivity (Wildman–Crippen MR) is 123 cm³/mol. The van der Waals surface area contributed by atoms with E-state index >= 15 is 0 Å². The van der Waals surface area contributed by atoms with Gasteiger partial charge >= 0.3 is 12.0 Å². The Morgan fingerprint density at radius 3 is 2.62 bits per heavy atom. The maximum Gasteiger partial charge on any atom is 0.339 e. The molecule has 0 saturated carbocycles. The van der Waals surface area contributed by atoms with E-state index in [2.05, 4.69) is 58.7 Å². The smallest absolute Gasteiger partial charge is 0.339 e. The highest BCUT2D eigenvalue weighted by molar-refractivity contribution is 6.00. The number of methoxy groups -OCH3 is 1. The molecule has 3 heterocycles. The first kappa shape index (κ1) is 20.2. The fourth-order valence-corrected chi connectivity index (χ4v) is 4.81. The minimum Gasteiger partial charge on any atom is -0.465 e. The number of rotatable bonds is 2. The summed E-state index contributed by atoms with van der Waals surface area (Å²) in [6, 6.07) is 17.4. The van der Waals surface area contributed by atoms with Crippen LogP contribution < -0.4 is 10.6 Å². The van der Waals surface area contributed by atoms with Crippen molar-refractivity contribution in [2.75, 3.05) is 30.8 Å². The number of urea groups is 1. The van der Waals surface area contributed by atoms with E-state index in [0.29, 0.717) is 24.3 Å². The highest BCUT2D eigenvalue weighted by Crippen LogP contribution is 2.43. The van der Waals surface area contributed by atoms with E-state index in [4.69, 9.17) is 4.74 Å². The summed E-state index contributed by atoms with van der Waals surface area (Å²) in [5.74, 6) is -0.473. The number of aromatic nitrogens is 1. The number of esters is 1. The Kier molecular flexibility index (Phi) is 4.89. The van der Waals surface area contributed by atoms with Crippen LogP contribution in [0.15, 0.2) is 60.8 Å². The highest BCUT2D eigenvalue weighted by atomic mass is 16.5. The van der Waals surface area contributed by atoms with Crippen molar-refractivity contribution in [1.82, 2.24) is 9.47 Å². The van der Waals surface area contributed by atoms with Gasteiger partial charge in [0.2, 0.25) is 0 Å². The zero-order chi connectivity index (χ0) is 22.3. The zero-order valence-corrected chi connectivity index (χ0v) is 18.2. The number of hydrogen-bond acceptors (Lipinski definition) is 4. The van der Waals surface area contributed by atoms with Gasteiger partial charge in [0.15, 0.2) is 0 Å². The fourth-order valence-electron chi connectivity index (χ4n) is 4.81. The summed E-state index contributed by atoms with van der Waals surface area (Å²) in [5.41, 5.74) is 5.30. The molecule has 3 aromatic rings. The Morgan fingerprint density at radius 1 is 1.06 bits per heavy atom. The van der Waals surface area contributed by atoms with Crippen LogP contribution >= 0.6 is 0 Å². The molecule has 7 nitrogen and oxygen atoms in total. The Bertz CT molecular complexity index is 1190. The molecule has 5 rings (SSSR count). The number of benzene rings is 2. The van der Waals surface area contributed by atoms with Gasteiger partial charge in [-0.05, 0) is 61.7 Å². The van der Waals surface area contributed by atoms with Crippen LogP contribution in [-0.2, 0) is 10.3 Å². The molecule has 0 radical (unpaired) electrons. The molecule has 0 atom stereocenters. The van der Waals surface area contributed by atoms with Crippen molar-refractivity contribution in [2.24, 2.45) is 0 Å². The van der Waals surface area contributed by atoms with Crippen LogP contribution in [0.3, 0.4) is 0 Å². The van der Waals surface area contributed by atoms with E-state index in [-0.39, 0.29) is 11.6 Å². The maximum atomic E-state index is 13.0. The van der Waals surface area contributed by atoms with Gasteiger partial charge in [0.05, 0.1) is 35.3 Å². The van der Waals surface area contributed by atoms with Crippen molar-refractivity contribution in [2.45, 2.75) is 25.3 Å². The summed E-state index contributed by atoms with van der Waals surface area (Å²) >= 11 is 0. The second kappa shape index (κ2) is 7.75. The molecule has 1 saturated heterocycles. The van der Waals surface area contributed by atoms with Gasteiger partial charge in [-0.1, -0.05) is 18.2 Å². The molecule has 2 aliphatic rings. The molecule has 7 heteroatoms. The lowest BCUT2D eigenvalue weighted by atomic mass is 9.82. The Hall–Kier alpha value is -3.74. The van der Waals surface area contributed by atoms with Crippen LogP contribution in [0.1, 0.15) is 34.5 Å². The maximum absolute atomic E-state index is 13.0. The number of fused-ring (bicyclic) bond motifs is 4.